The first-order valence-corrected chi connectivity index (χ1v) is 5.73. The SMILES string of the molecule is Nn1c(C(O)c2ccccc2)nc2ccccc21. The highest BCUT2D eigenvalue weighted by Crippen LogP contribution is 2.23. The van der Waals surface area contributed by atoms with Gasteiger partial charge in [0.05, 0.1) is 11.0 Å². The van der Waals surface area contributed by atoms with E-state index in [0.717, 1.165) is 16.6 Å². The molecule has 0 fully saturated rings. The number of para-hydroxylation sites is 2. The number of benzene rings is 2. The van der Waals surface area contributed by atoms with Crippen LogP contribution >= 0.6 is 0 Å². The Kier molecular flexibility index (Phi) is 2.50. The molecule has 1 aromatic heterocycles. The predicted octanol–water partition coefficient (Wildman–Crippen LogP) is 1.83. The van der Waals surface area contributed by atoms with Crippen molar-refractivity contribution < 1.29 is 5.11 Å². The lowest BCUT2D eigenvalue weighted by Crippen LogP contribution is -2.16. The molecule has 3 aromatic rings. The van der Waals surface area contributed by atoms with E-state index < -0.39 is 6.10 Å². The van der Waals surface area contributed by atoms with Crippen molar-refractivity contribution in [1.29, 1.82) is 0 Å². The minimum atomic E-state index is -0.816. The zero-order valence-corrected chi connectivity index (χ0v) is 9.69. The molecule has 4 nitrogen and oxygen atoms in total. The predicted molar refractivity (Wildman–Crippen MR) is 70.4 cm³/mol. The Morgan fingerprint density at radius 3 is 2.39 bits per heavy atom. The van der Waals surface area contributed by atoms with Gasteiger partial charge in [0.2, 0.25) is 0 Å². The summed E-state index contributed by atoms with van der Waals surface area (Å²) in [6.07, 6.45) is -0.816. The van der Waals surface area contributed by atoms with Gasteiger partial charge in [0.25, 0.3) is 0 Å². The van der Waals surface area contributed by atoms with Crippen molar-refractivity contribution in [1.82, 2.24) is 9.66 Å². The minimum Gasteiger partial charge on any atom is -0.380 e. The van der Waals surface area contributed by atoms with Gasteiger partial charge in [-0.3, -0.25) is 0 Å². The fraction of sp³-hybridized carbons (Fsp3) is 0.0714. The molecule has 3 N–H and O–H groups in total. The van der Waals surface area contributed by atoms with Crippen LogP contribution in [0.4, 0.5) is 0 Å². The van der Waals surface area contributed by atoms with Crippen LogP contribution in [-0.2, 0) is 0 Å². The number of imidazole rings is 1. The molecule has 1 atom stereocenters. The lowest BCUT2D eigenvalue weighted by molar-refractivity contribution is 0.208. The number of nitrogens with zero attached hydrogens (tertiary/aromatic N) is 2. The minimum absolute atomic E-state index is 0.447. The van der Waals surface area contributed by atoms with Gasteiger partial charge in [-0.15, -0.1) is 0 Å². The summed E-state index contributed by atoms with van der Waals surface area (Å²) in [5.41, 5.74) is 2.37. The van der Waals surface area contributed by atoms with Crippen LogP contribution in [0.15, 0.2) is 54.6 Å². The molecule has 4 heteroatoms. The quantitative estimate of drug-likeness (QED) is 0.670. The van der Waals surface area contributed by atoms with Crippen LogP contribution in [-0.4, -0.2) is 14.8 Å². The molecule has 0 aliphatic heterocycles. The molecule has 90 valence electrons. The van der Waals surface area contributed by atoms with Gasteiger partial charge >= 0.3 is 0 Å². The van der Waals surface area contributed by atoms with Crippen LogP contribution in [0, 0.1) is 0 Å². The summed E-state index contributed by atoms with van der Waals surface area (Å²) in [6, 6.07) is 16.9. The van der Waals surface area contributed by atoms with Gasteiger partial charge in [-0.05, 0) is 17.7 Å². The molecule has 18 heavy (non-hydrogen) atoms. The topological polar surface area (TPSA) is 64.1 Å². The Morgan fingerprint density at radius 1 is 1.00 bits per heavy atom. The number of rotatable bonds is 2. The third kappa shape index (κ3) is 1.63. The summed E-state index contributed by atoms with van der Waals surface area (Å²) >= 11 is 0. The van der Waals surface area contributed by atoms with Crippen LogP contribution in [0.5, 0.6) is 0 Å². The van der Waals surface area contributed by atoms with E-state index in [4.69, 9.17) is 5.84 Å². The average molecular weight is 239 g/mol. The molecule has 0 bridgehead atoms. The second kappa shape index (κ2) is 4.16. The zero-order chi connectivity index (χ0) is 12.5. The van der Waals surface area contributed by atoms with E-state index in [1.807, 2.05) is 54.6 Å². The molecular weight excluding hydrogens is 226 g/mol. The van der Waals surface area contributed by atoms with Crippen LogP contribution in [0.2, 0.25) is 0 Å². The maximum Gasteiger partial charge on any atom is 0.161 e. The van der Waals surface area contributed by atoms with Gasteiger partial charge in [0.1, 0.15) is 6.10 Å². The summed E-state index contributed by atoms with van der Waals surface area (Å²) in [4.78, 5) is 4.38. The number of fused-ring (bicyclic) bond motifs is 1. The number of aliphatic hydroxyl groups is 1. The van der Waals surface area contributed by atoms with Gasteiger partial charge in [-0.2, -0.15) is 0 Å². The Labute approximate surface area is 104 Å². The number of hydrogen-bond acceptors (Lipinski definition) is 3. The summed E-state index contributed by atoms with van der Waals surface area (Å²) < 4.78 is 1.44. The van der Waals surface area contributed by atoms with Gasteiger partial charge < -0.3 is 10.9 Å². The smallest absolute Gasteiger partial charge is 0.161 e. The zero-order valence-electron chi connectivity index (χ0n) is 9.69. The van der Waals surface area contributed by atoms with Gasteiger partial charge in [0, 0.05) is 0 Å². The molecule has 1 unspecified atom stereocenters. The molecule has 2 aromatic carbocycles. The van der Waals surface area contributed by atoms with E-state index in [0.29, 0.717) is 5.82 Å². The molecule has 1 heterocycles. The van der Waals surface area contributed by atoms with Gasteiger partial charge in [0.15, 0.2) is 5.82 Å². The highest BCUT2D eigenvalue weighted by molar-refractivity contribution is 5.76. The van der Waals surface area contributed by atoms with Crippen molar-refractivity contribution in [2.45, 2.75) is 6.10 Å². The summed E-state index contributed by atoms with van der Waals surface area (Å²) in [5.74, 6) is 6.42. The van der Waals surface area contributed by atoms with Crippen molar-refractivity contribution in [2.75, 3.05) is 5.84 Å². The first-order valence-electron chi connectivity index (χ1n) is 5.73. The molecule has 0 amide bonds. The first-order chi connectivity index (χ1) is 8.77. The number of nitrogen functional groups attached to an aromatic ring is 1. The fourth-order valence-corrected chi connectivity index (χ4v) is 2.04. The number of aliphatic hydroxyl groups excluding tert-OH is 1. The summed E-state index contributed by atoms with van der Waals surface area (Å²) in [5, 5.41) is 10.3. The van der Waals surface area contributed by atoms with Crippen LogP contribution < -0.4 is 5.84 Å². The number of aromatic nitrogens is 2. The van der Waals surface area contributed by atoms with E-state index in [9.17, 15) is 5.11 Å². The standard InChI is InChI=1S/C14H13N3O/c15-17-12-9-5-4-8-11(12)16-14(17)13(18)10-6-2-1-3-7-10/h1-9,13,18H,15H2. The third-order valence-electron chi connectivity index (χ3n) is 2.98. The summed E-state index contributed by atoms with van der Waals surface area (Å²) in [6.45, 7) is 0. The molecule has 0 radical (unpaired) electrons. The monoisotopic (exact) mass is 239 g/mol. The van der Waals surface area contributed by atoms with Crippen LogP contribution in [0.25, 0.3) is 11.0 Å². The molecule has 0 saturated carbocycles. The lowest BCUT2D eigenvalue weighted by Gasteiger charge is -2.10. The Morgan fingerprint density at radius 2 is 1.67 bits per heavy atom. The second-order valence-electron chi connectivity index (χ2n) is 4.14. The van der Waals surface area contributed by atoms with Crippen molar-refractivity contribution in [3.05, 3.63) is 66.0 Å². The molecule has 0 spiro atoms. The maximum atomic E-state index is 10.3. The Hall–Kier alpha value is -2.33. The maximum absolute atomic E-state index is 10.3. The normalized spacial score (nSPS) is 12.7. The molecule has 0 aliphatic carbocycles. The fourth-order valence-electron chi connectivity index (χ4n) is 2.04. The molecular formula is C14H13N3O. The highest BCUT2D eigenvalue weighted by atomic mass is 16.3. The molecule has 3 rings (SSSR count). The Balaban J connectivity index is 2.12. The van der Waals surface area contributed by atoms with Gasteiger partial charge in [-0.25, -0.2) is 9.66 Å². The van der Waals surface area contributed by atoms with Crippen LogP contribution in [0.3, 0.4) is 0 Å². The van der Waals surface area contributed by atoms with E-state index in [1.165, 1.54) is 4.68 Å². The van der Waals surface area contributed by atoms with E-state index in [-0.39, 0.29) is 0 Å². The third-order valence-corrected chi connectivity index (χ3v) is 2.98. The van der Waals surface area contributed by atoms with Crippen molar-refractivity contribution in [2.24, 2.45) is 0 Å². The lowest BCUT2D eigenvalue weighted by atomic mass is 10.1. The van der Waals surface area contributed by atoms with Crippen molar-refractivity contribution >= 4 is 11.0 Å². The van der Waals surface area contributed by atoms with Gasteiger partial charge in [-0.1, -0.05) is 42.5 Å². The largest absolute Gasteiger partial charge is 0.380 e. The van der Waals surface area contributed by atoms with E-state index >= 15 is 0 Å². The number of nitrogens with two attached hydrogens (primary N) is 1. The van der Waals surface area contributed by atoms with E-state index in [2.05, 4.69) is 4.98 Å². The van der Waals surface area contributed by atoms with Crippen LogP contribution in [0.1, 0.15) is 17.5 Å². The number of hydrogen-bond donors (Lipinski definition) is 2. The Bertz CT molecular complexity index is 676. The highest BCUT2D eigenvalue weighted by Gasteiger charge is 2.17. The van der Waals surface area contributed by atoms with Crippen molar-refractivity contribution in [3.8, 4) is 0 Å². The second-order valence-corrected chi connectivity index (χ2v) is 4.14. The molecule has 0 saturated heterocycles. The summed E-state index contributed by atoms with van der Waals surface area (Å²) in [7, 11) is 0. The average Bonchev–Trinajstić information content (AvgIpc) is 2.77. The van der Waals surface area contributed by atoms with E-state index in [1.54, 1.807) is 0 Å². The van der Waals surface area contributed by atoms with Crippen molar-refractivity contribution in [3.63, 3.8) is 0 Å². The molecule has 0 aliphatic rings. The first kappa shape index (κ1) is 10.8.